The largest absolute Gasteiger partial charge is 0.504 e. The van der Waals surface area contributed by atoms with Crippen LogP contribution in [0.2, 0.25) is 0 Å². The van der Waals surface area contributed by atoms with Crippen molar-refractivity contribution in [3.8, 4) is 17.2 Å². The summed E-state index contributed by atoms with van der Waals surface area (Å²) in [6, 6.07) is 3.13. The van der Waals surface area contributed by atoms with Crippen LogP contribution in [-0.2, 0) is 0 Å². The molecule has 1 aliphatic heterocycles. The van der Waals surface area contributed by atoms with Gasteiger partial charge in [0.05, 0.1) is 13.4 Å². The molecule has 7 heteroatoms. The summed E-state index contributed by atoms with van der Waals surface area (Å²) in [7, 11) is 1.48. The smallest absolute Gasteiger partial charge is 0.166 e. The molecule has 27 heavy (non-hydrogen) atoms. The van der Waals surface area contributed by atoms with Crippen molar-refractivity contribution in [3.05, 3.63) is 54.1 Å². The van der Waals surface area contributed by atoms with Crippen molar-refractivity contribution in [1.82, 2.24) is 5.32 Å². The fourth-order valence-electron chi connectivity index (χ4n) is 1.94. The molecule has 1 unspecified atom stereocenters. The molecular formula is C20H28N4O3. The van der Waals surface area contributed by atoms with Gasteiger partial charge in [-0.05, 0) is 26.3 Å². The molecule has 1 aromatic carbocycles. The fourth-order valence-corrected chi connectivity index (χ4v) is 1.94. The number of ether oxygens (including phenoxy) is 2. The van der Waals surface area contributed by atoms with Crippen LogP contribution in [0.25, 0.3) is 0 Å². The summed E-state index contributed by atoms with van der Waals surface area (Å²) in [5, 5.41) is 13.0. The van der Waals surface area contributed by atoms with Crippen LogP contribution >= 0.6 is 0 Å². The second-order valence-electron chi connectivity index (χ2n) is 5.49. The average molecular weight is 372 g/mol. The first-order valence-electron chi connectivity index (χ1n) is 8.56. The lowest BCUT2D eigenvalue weighted by Gasteiger charge is -2.15. The highest BCUT2D eigenvalue weighted by Gasteiger charge is 2.17. The molecule has 1 aliphatic rings. The number of phenols is 1. The minimum Gasteiger partial charge on any atom is -0.504 e. The number of rotatable bonds is 6. The van der Waals surface area contributed by atoms with Crippen molar-refractivity contribution in [2.45, 2.75) is 33.4 Å². The van der Waals surface area contributed by atoms with E-state index in [0.717, 1.165) is 12.1 Å². The standard InChI is InChI=1S/C16H20N4O3.C4H8/c1-4-10(2)20-16(19-9-17)12-8-23-14-6-15(22-3)13(21)5-11(14)7-18-12;1-3-4-2/h4-9,16,20-21H,1-3H3,(H2,17,19);3H,1,4H2,2H3/b10-4+;. The third-order valence-electron chi connectivity index (χ3n) is 3.57. The molecule has 1 heterocycles. The number of hydrogen-bond donors (Lipinski definition) is 3. The summed E-state index contributed by atoms with van der Waals surface area (Å²) in [6.45, 7) is 9.37. The summed E-state index contributed by atoms with van der Waals surface area (Å²) in [5.41, 5.74) is 7.52. The van der Waals surface area contributed by atoms with Crippen LogP contribution < -0.4 is 20.5 Å². The van der Waals surface area contributed by atoms with Gasteiger partial charge in [0.25, 0.3) is 0 Å². The molecule has 0 radical (unpaired) electrons. The highest BCUT2D eigenvalue weighted by molar-refractivity contribution is 5.86. The maximum Gasteiger partial charge on any atom is 0.166 e. The van der Waals surface area contributed by atoms with Crippen molar-refractivity contribution >= 4 is 12.6 Å². The predicted octanol–water partition coefficient (Wildman–Crippen LogP) is 3.46. The first-order chi connectivity index (χ1) is 13.0. The zero-order valence-corrected chi connectivity index (χ0v) is 16.3. The molecule has 1 aromatic rings. The number of hydrogen-bond acceptors (Lipinski definition) is 6. The van der Waals surface area contributed by atoms with Gasteiger partial charge in [-0.3, -0.25) is 4.99 Å². The van der Waals surface area contributed by atoms with E-state index >= 15 is 0 Å². The van der Waals surface area contributed by atoms with E-state index < -0.39 is 6.17 Å². The maximum absolute atomic E-state index is 9.85. The van der Waals surface area contributed by atoms with Gasteiger partial charge in [0.1, 0.15) is 17.7 Å². The van der Waals surface area contributed by atoms with Gasteiger partial charge in [0.2, 0.25) is 0 Å². The lowest BCUT2D eigenvalue weighted by Crippen LogP contribution is -2.28. The van der Waals surface area contributed by atoms with Crippen molar-refractivity contribution < 1.29 is 14.6 Å². The molecule has 0 aromatic heterocycles. The van der Waals surface area contributed by atoms with Gasteiger partial charge in [0.15, 0.2) is 17.7 Å². The Morgan fingerprint density at radius 1 is 1.52 bits per heavy atom. The SMILES string of the molecule is C/C=C(\C)NC(/N=C\N)C1=COc2cc(OC)c(O)cc2C=N1.C=CCC. The summed E-state index contributed by atoms with van der Waals surface area (Å²) >= 11 is 0. The van der Waals surface area contributed by atoms with Crippen LogP contribution in [0.3, 0.4) is 0 Å². The Bertz CT molecular complexity index is 752. The molecule has 0 fully saturated rings. The van der Waals surface area contributed by atoms with E-state index in [9.17, 15) is 5.11 Å². The molecule has 0 amide bonds. The van der Waals surface area contributed by atoms with E-state index in [-0.39, 0.29) is 5.75 Å². The number of phenolic OH excluding ortho intramolecular Hbond substituents is 1. The van der Waals surface area contributed by atoms with Crippen molar-refractivity contribution in [1.29, 1.82) is 0 Å². The number of methoxy groups -OCH3 is 1. The van der Waals surface area contributed by atoms with Gasteiger partial charge in [-0.15, -0.1) is 6.58 Å². The summed E-state index contributed by atoms with van der Waals surface area (Å²) in [5.74, 6) is 0.870. The molecule has 1 atom stereocenters. The Balaban J connectivity index is 0.000000828. The minimum absolute atomic E-state index is 0.0177. The van der Waals surface area contributed by atoms with E-state index in [2.05, 4.69) is 28.8 Å². The summed E-state index contributed by atoms with van der Waals surface area (Å²) in [6.07, 6.45) is 8.70. The number of allylic oxidation sites excluding steroid dienone is 3. The molecule has 0 aliphatic carbocycles. The topological polar surface area (TPSA) is 101 Å². The maximum atomic E-state index is 9.85. The molecule has 0 saturated heterocycles. The van der Waals surface area contributed by atoms with Crippen LogP contribution in [0.5, 0.6) is 17.2 Å². The number of nitrogens with two attached hydrogens (primary N) is 1. The van der Waals surface area contributed by atoms with E-state index in [1.807, 2.05) is 26.0 Å². The second kappa shape index (κ2) is 11.4. The van der Waals surface area contributed by atoms with Crippen LogP contribution in [-0.4, -0.2) is 30.9 Å². The van der Waals surface area contributed by atoms with Gasteiger partial charge in [-0.25, -0.2) is 4.99 Å². The zero-order valence-electron chi connectivity index (χ0n) is 16.3. The van der Waals surface area contributed by atoms with Crippen LogP contribution in [0, 0.1) is 0 Å². The monoisotopic (exact) mass is 372 g/mol. The van der Waals surface area contributed by atoms with E-state index in [0.29, 0.717) is 22.8 Å². The lowest BCUT2D eigenvalue weighted by molar-refractivity contribution is 0.369. The quantitative estimate of drug-likeness (QED) is 0.403. The van der Waals surface area contributed by atoms with E-state index in [4.69, 9.17) is 15.2 Å². The fraction of sp³-hybridized carbons (Fsp3) is 0.300. The van der Waals surface area contributed by atoms with Gasteiger partial charge in [-0.1, -0.05) is 19.1 Å². The lowest BCUT2D eigenvalue weighted by atomic mass is 10.2. The van der Waals surface area contributed by atoms with E-state index in [1.54, 1.807) is 12.3 Å². The van der Waals surface area contributed by atoms with Crippen molar-refractivity contribution in [2.75, 3.05) is 7.11 Å². The van der Waals surface area contributed by atoms with Gasteiger partial charge in [0, 0.05) is 23.5 Å². The first kappa shape index (κ1) is 21.8. The number of nitrogens with one attached hydrogen (secondary N) is 1. The minimum atomic E-state index is -0.475. The predicted molar refractivity (Wildman–Crippen MR) is 110 cm³/mol. The van der Waals surface area contributed by atoms with Gasteiger partial charge in [-0.2, -0.15) is 0 Å². The normalized spacial score (nSPS) is 14.1. The molecule has 0 spiro atoms. The highest BCUT2D eigenvalue weighted by atomic mass is 16.5. The highest BCUT2D eigenvalue weighted by Crippen LogP contribution is 2.34. The first-order valence-corrected chi connectivity index (χ1v) is 8.56. The third kappa shape index (κ3) is 6.54. The molecule has 4 N–H and O–H groups in total. The Kier molecular flexibility index (Phi) is 9.22. The van der Waals surface area contributed by atoms with Crippen molar-refractivity contribution in [3.63, 3.8) is 0 Å². The van der Waals surface area contributed by atoms with Gasteiger partial charge >= 0.3 is 0 Å². The van der Waals surface area contributed by atoms with Crippen molar-refractivity contribution in [2.24, 2.45) is 15.7 Å². The Hall–Kier alpha value is -3.22. The van der Waals surface area contributed by atoms with Crippen LogP contribution in [0.15, 0.2) is 58.5 Å². The Labute approximate surface area is 160 Å². The summed E-state index contributed by atoms with van der Waals surface area (Å²) < 4.78 is 10.7. The number of aliphatic imine (C=N–C) groups is 2. The van der Waals surface area contributed by atoms with Gasteiger partial charge < -0.3 is 25.6 Å². The Morgan fingerprint density at radius 3 is 2.78 bits per heavy atom. The number of aromatic hydroxyl groups is 1. The summed E-state index contributed by atoms with van der Waals surface area (Å²) in [4.78, 5) is 8.52. The molecule has 2 rings (SSSR count). The van der Waals surface area contributed by atoms with Crippen LogP contribution in [0.1, 0.15) is 32.8 Å². The molecule has 146 valence electrons. The molecule has 0 bridgehead atoms. The zero-order chi connectivity index (χ0) is 20.2. The number of benzene rings is 1. The Morgan fingerprint density at radius 2 is 2.22 bits per heavy atom. The average Bonchev–Trinajstić information content (AvgIpc) is 2.89. The molecule has 0 saturated carbocycles. The van der Waals surface area contributed by atoms with Crippen LogP contribution in [0.4, 0.5) is 0 Å². The molecule has 7 nitrogen and oxygen atoms in total. The third-order valence-corrected chi connectivity index (χ3v) is 3.57. The second-order valence-corrected chi connectivity index (χ2v) is 5.49. The number of fused-ring (bicyclic) bond motifs is 1. The van der Waals surface area contributed by atoms with E-state index in [1.165, 1.54) is 25.8 Å². The number of nitrogens with zero attached hydrogens (tertiary/aromatic N) is 2. The molecular weight excluding hydrogens is 344 g/mol.